The molecule has 0 unspecified atom stereocenters. The van der Waals surface area contributed by atoms with Gasteiger partial charge in [-0.2, -0.15) is 0 Å². The molecule has 0 saturated heterocycles. The standard InChI is InChI=1S/C43H70N4O14/c1-33(48)37(44-2)14-9-10-22-45-41(52)32-60-30-27-57-24-12-13-35(49)31-59-29-28-58-26-23-46-39(50)21-20-38(43(55)56)47-40(51)15-8-6-4-3-5-7-11-25-61-36-18-16-34(17-19-36)42(53)54/h16-19,37-38,44H,3-15,20-32H2,1-2H3,(H,45,52)(H,46,50)(H,47,51)(H,53,54)(H,55,56)/t37-,38-/m0/s1. The van der Waals surface area contributed by atoms with Crippen LogP contribution in [-0.2, 0) is 47.7 Å². The zero-order valence-electron chi connectivity index (χ0n) is 36.1. The maximum atomic E-state index is 12.3. The van der Waals surface area contributed by atoms with Gasteiger partial charge in [-0.3, -0.25) is 24.0 Å². The number of aliphatic carboxylic acids is 1. The van der Waals surface area contributed by atoms with Crippen LogP contribution < -0.4 is 26.0 Å². The first-order valence-corrected chi connectivity index (χ1v) is 21.4. The number of carbonyl (C=O) groups excluding carboxylic acids is 5. The Morgan fingerprint density at radius 1 is 0.557 bits per heavy atom. The van der Waals surface area contributed by atoms with Crippen molar-refractivity contribution < 1.29 is 67.5 Å². The summed E-state index contributed by atoms with van der Waals surface area (Å²) in [7, 11) is 1.76. The first kappa shape index (κ1) is 54.5. The number of hydrogen-bond donors (Lipinski definition) is 6. The van der Waals surface area contributed by atoms with Gasteiger partial charge in [-0.05, 0) is 83.2 Å². The number of carboxylic acid groups (broad SMARTS) is 2. The number of nitrogens with one attached hydrogen (secondary N) is 4. The Morgan fingerprint density at radius 2 is 1.18 bits per heavy atom. The van der Waals surface area contributed by atoms with E-state index in [1.54, 1.807) is 26.1 Å². The maximum absolute atomic E-state index is 12.3. The smallest absolute Gasteiger partial charge is 0.335 e. The SMILES string of the molecule is CN[C@@H](CCCCNC(=O)COCCOCCCC(=O)COCCOCCNC(=O)CC[C@H](NC(=O)CCCCCCCCCOc1ccc(C(=O)O)cc1)C(=O)O)C(C)=O. The molecule has 18 nitrogen and oxygen atoms in total. The number of benzene rings is 1. The van der Waals surface area contributed by atoms with Gasteiger partial charge in [0.25, 0.3) is 0 Å². The summed E-state index contributed by atoms with van der Waals surface area (Å²) in [5.41, 5.74) is 0.215. The molecule has 346 valence electrons. The monoisotopic (exact) mass is 866 g/mol. The van der Waals surface area contributed by atoms with Gasteiger partial charge in [0.15, 0.2) is 5.78 Å². The fourth-order valence-electron chi connectivity index (χ4n) is 5.84. The van der Waals surface area contributed by atoms with Crippen LogP contribution in [0.2, 0.25) is 0 Å². The second-order valence-corrected chi connectivity index (χ2v) is 14.5. The lowest BCUT2D eigenvalue weighted by atomic mass is 10.1. The van der Waals surface area contributed by atoms with Crippen LogP contribution in [0.3, 0.4) is 0 Å². The zero-order chi connectivity index (χ0) is 44.9. The van der Waals surface area contributed by atoms with E-state index >= 15 is 0 Å². The molecule has 0 spiro atoms. The second kappa shape index (κ2) is 36.2. The average molecular weight is 867 g/mol. The molecule has 0 aliphatic carbocycles. The summed E-state index contributed by atoms with van der Waals surface area (Å²) in [6.45, 7) is 4.27. The minimum Gasteiger partial charge on any atom is -0.494 e. The van der Waals surface area contributed by atoms with Gasteiger partial charge in [-0.15, -0.1) is 0 Å². The Kier molecular flexibility index (Phi) is 32.4. The number of Topliss-reactive ketones (excluding diaryl/α,β-unsaturated/α-hetero) is 2. The Bertz CT molecular complexity index is 1410. The lowest BCUT2D eigenvalue weighted by Crippen LogP contribution is -2.41. The molecule has 0 aliphatic rings. The minimum absolute atomic E-state index is 0.0431. The van der Waals surface area contributed by atoms with Crippen molar-refractivity contribution in [3.05, 3.63) is 29.8 Å². The van der Waals surface area contributed by atoms with Crippen molar-refractivity contribution in [3.63, 3.8) is 0 Å². The van der Waals surface area contributed by atoms with Crippen molar-refractivity contribution in [3.8, 4) is 5.75 Å². The molecular weight excluding hydrogens is 796 g/mol. The van der Waals surface area contributed by atoms with Crippen molar-refractivity contribution in [1.82, 2.24) is 21.3 Å². The number of carboxylic acids is 2. The van der Waals surface area contributed by atoms with E-state index in [0.717, 1.165) is 57.8 Å². The molecule has 0 bridgehead atoms. The van der Waals surface area contributed by atoms with Crippen LogP contribution in [0.25, 0.3) is 0 Å². The third-order valence-corrected chi connectivity index (χ3v) is 9.35. The van der Waals surface area contributed by atoms with E-state index in [1.807, 2.05) is 0 Å². The summed E-state index contributed by atoms with van der Waals surface area (Å²) in [6, 6.07) is 4.99. The summed E-state index contributed by atoms with van der Waals surface area (Å²) in [6.07, 6.45) is 9.57. The van der Waals surface area contributed by atoms with Crippen LogP contribution in [0.4, 0.5) is 0 Å². The number of ether oxygens (including phenoxy) is 5. The van der Waals surface area contributed by atoms with Gasteiger partial charge >= 0.3 is 11.9 Å². The van der Waals surface area contributed by atoms with E-state index in [9.17, 15) is 38.7 Å². The molecule has 0 heterocycles. The lowest BCUT2D eigenvalue weighted by molar-refractivity contribution is -0.142. The van der Waals surface area contributed by atoms with E-state index in [4.69, 9.17) is 28.8 Å². The molecule has 61 heavy (non-hydrogen) atoms. The van der Waals surface area contributed by atoms with Crippen molar-refractivity contribution in [2.45, 2.75) is 115 Å². The highest BCUT2D eigenvalue weighted by atomic mass is 16.5. The molecule has 0 radical (unpaired) electrons. The maximum Gasteiger partial charge on any atom is 0.335 e. The number of carbonyl (C=O) groups is 7. The topological polar surface area (TPSA) is 254 Å². The molecule has 1 aromatic rings. The fourth-order valence-corrected chi connectivity index (χ4v) is 5.84. The molecule has 0 fully saturated rings. The molecule has 1 rings (SSSR count). The van der Waals surface area contributed by atoms with Crippen molar-refractivity contribution in [1.29, 1.82) is 0 Å². The predicted molar refractivity (Wildman–Crippen MR) is 226 cm³/mol. The summed E-state index contributed by atoms with van der Waals surface area (Å²) in [5, 5.41) is 29.4. The van der Waals surface area contributed by atoms with Gasteiger partial charge in [0.2, 0.25) is 17.7 Å². The van der Waals surface area contributed by atoms with Crippen molar-refractivity contribution >= 4 is 41.2 Å². The third-order valence-electron chi connectivity index (χ3n) is 9.35. The number of rotatable bonds is 41. The Morgan fingerprint density at radius 3 is 1.84 bits per heavy atom. The van der Waals surface area contributed by atoms with Gasteiger partial charge in [0.1, 0.15) is 30.8 Å². The van der Waals surface area contributed by atoms with Gasteiger partial charge in [-0.25, -0.2) is 9.59 Å². The van der Waals surface area contributed by atoms with Crippen LogP contribution >= 0.6 is 0 Å². The highest BCUT2D eigenvalue weighted by molar-refractivity contribution is 5.87. The lowest BCUT2D eigenvalue weighted by Gasteiger charge is -2.14. The summed E-state index contributed by atoms with van der Waals surface area (Å²) < 4.78 is 27.1. The number of unbranched alkanes of at least 4 members (excludes halogenated alkanes) is 7. The van der Waals surface area contributed by atoms with E-state index < -0.39 is 18.0 Å². The quantitative estimate of drug-likeness (QED) is 0.0517. The number of likely N-dealkylation sites (N-methyl/N-ethyl adjacent to an activating group) is 1. The van der Waals surface area contributed by atoms with E-state index in [1.165, 1.54) is 12.1 Å². The molecule has 3 amide bonds. The number of aromatic carboxylic acids is 1. The highest BCUT2D eigenvalue weighted by Gasteiger charge is 2.21. The van der Waals surface area contributed by atoms with Crippen molar-refractivity contribution in [2.75, 3.05) is 79.6 Å². The molecule has 0 aliphatic heterocycles. The molecule has 6 N–H and O–H groups in total. The number of hydrogen-bond acceptors (Lipinski definition) is 13. The molecule has 0 aromatic heterocycles. The zero-order valence-corrected chi connectivity index (χ0v) is 36.1. The Hall–Kier alpha value is -4.49. The van der Waals surface area contributed by atoms with Gasteiger partial charge in [0, 0.05) is 39.0 Å². The van der Waals surface area contributed by atoms with Crippen LogP contribution in [0.1, 0.15) is 114 Å². The molecule has 18 heteroatoms. The number of amides is 3. The van der Waals surface area contributed by atoms with Crippen LogP contribution in [0, 0.1) is 0 Å². The summed E-state index contributed by atoms with van der Waals surface area (Å²) >= 11 is 0. The van der Waals surface area contributed by atoms with Crippen molar-refractivity contribution in [2.24, 2.45) is 0 Å². The van der Waals surface area contributed by atoms with E-state index in [2.05, 4.69) is 21.3 Å². The third kappa shape index (κ3) is 31.1. The average Bonchev–Trinajstić information content (AvgIpc) is 3.23. The second-order valence-electron chi connectivity index (χ2n) is 14.5. The highest BCUT2D eigenvalue weighted by Crippen LogP contribution is 2.14. The van der Waals surface area contributed by atoms with Crippen LogP contribution in [-0.4, -0.2) is 143 Å². The van der Waals surface area contributed by atoms with Gasteiger partial charge in [-0.1, -0.05) is 32.1 Å². The normalized spacial score (nSPS) is 12.0. The summed E-state index contributed by atoms with van der Waals surface area (Å²) in [5.74, 6) is -2.45. The Labute approximate surface area is 359 Å². The minimum atomic E-state index is -1.20. The molecule has 0 saturated carbocycles. The van der Waals surface area contributed by atoms with Gasteiger partial charge < -0.3 is 55.2 Å². The van der Waals surface area contributed by atoms with Crippen LogP contribution in [0.15, 0.2) is 24.3 Å². The van der Waals surface area contributed by atoms with E-state index in [0.29, 0.717) is 51.4 Å². The molecule has 2 atom stereocenters. The predicted octanol–water partition coefficient (Wildman–Crippen LogP) is 3.23. The van der Waals surface area contributed by atoms with Gasteiger partial charge in [0.05, 0.1) is 51.2 Å². The molecule has 1 aromatic carbocycles. The largest absolute Gasteiger partial charge is 0.494 e. The number of ketones is 2. The fraction of sp³-hybridized carbons (Fsp3) is 0.698. The Balaban J connectivity index is 1.93. The van der Waals surface area contributed by atoms with E-state index in [-0.39, 0.29) is 106 Å². The summed E-state index contributed by atoms with van der Waals surface area (Å²) in [4.78, 5) is 82.3. The first-order valence-electron chi connectivity index (χ1n) is 21.4. The molecular formula is C43H70N4O14. The first-order chi connectivity index (χ1) is 29.4. The van der Waals surface area contributed by atoms with Crippen LogP contribution in [0.5, 0.6) is 5.75 Å².